The predicted molar refractivity (Wildman–Crippen MR) is 118 cm³/mol. The number of likely N-dealkylation sites (tertiary alicyclic amines) is 1. The Kier molecular flexibility index (Phi) is 6.29. The third-order valence-electron chi connectivity index (χ3n) is 5.95. The maximum absolute atomic E-state index is 12.7. The Hall–Kier alpha value is -2.52. The van der Waals surface area contributed by atoms with Crippen LogP contribution in [0.15, 0.2) is 24.4 Å². The van der Waals surface area contributed by atoms with Gasteiger partial charge in [-0.1, -0.05) is 6.42 Å². The number of nitrogens with zero attached hydrogens (tertiary/aromatic N) is 4. The van der Waals surface area contributed by atoms with E-state index in [4.69, 9.17) is 0 Å². The highest BCUT2D eigenvalue weighted by molar-refractivity contribution is 7.15. The molecule has 160 valence electrons. The molecule has 1 aromatic heterocycles. The summed E-state index contributed by atoms with van der Waals surface area (Å²) >= 11 is 1.46. The lowest BCUT2D eigenvalue weighted by molar-refractivity contribution is -0.384. The van der Waals surface area contributed by atoms with Crippen molar-refractivity contribution in [2.45, 2.75) is 51.6 Å². The van der Waals surface area contributed by atoms with Gasteiger partial charge in [0.1, 0.15) is 5.69 Å². The summed E-state index contributed by atoms with van der Waals surface area (Å²) in [4.78, 5) is 33.7. The molecule has 1 unspecified atom stereocenters. The summed E-state index contributed by atoms with van der Waals surface area (Å²) in [5.41, 5.74) is 0.829. The van der Waals surface area contributed by atoms with Crippen LogP contribution in [0.5, 0.6) is 0 Å². The van der Waals surface area contributed by atoms with Gasteiger partial charge in [-0.25, -0.2) is 4.98 Å². The summed E-state index contributed by atoms with van der Waals surface area (Å²) in [5, 5.41) is 14.9. The average molecular weight is 430 g/mol. The summed E-state index contributed by atoms with van der Waals surface area (Å²) in [5.74, 6) is -0.377. The van der Waals surface area contributed by atoms with E-state index in [0.29, 0.717) is 16.9 Å². The maximum Gasteiger partial charge on any atom is 0.293 e. The molecular formula is C21H27N5O3S. The fourth-order valence-corrected chi connectivity index (χ4v) is 5.07. The number of benzene rings is 1. The SMILES string of the molecule is CC1CCCCN1Cc1cnc(NC(=O)c2ccc(N3CCCC3)c([N+](=O)[O-])c2)s1. The summed E-state index contributed by atoms with van der Waals surface area (Å²) < 4.78 is 0. The molecule has 2 saturated heterocycles. The molecule has 2 aliphatic rings. The molecule has 1 aromatic carbocycles. The van der Waals surface area contributed by atoms with Gasteiger partial charge in [0, 0.05) is 48.4 Å². The molecule has 9 heteroatoms. The number of carbonyl (C=O) groups excluding carboxylic acids is 1. The Morgan fingerprint density at radius 3 is 2.77 bits per heavy atom. The van der Waals surface area contributed by atoms with Gasteiger partial charge < -0.3 is 4.90 Å². The Labute approximate surface area is 180 Å². The number of piperidine rings is 1. The summed E-state index contributed by atoms with van der Waals surface area (Å²) in [6.45, 7) is 5.80. The number of nitro groups is 1. The summed E-state index contributed by atoms with van der Waals surface area (Å²) in [6.07, 6.45) is 7.59. The molecule has 0 spiro atoms. The van der Waals surface area contributed by atoms with E-state index in [-0.39, 0.29) is 17.2 Å². The van der Waals surface area contributed by atoms with E-state index in [9.17, 15) is 14.9 Å². The minimum absolute atomic E-state index is 0.0246. The van der Waals surface area contributed by atoms with Crippen molar-refractivity contribution in [1.82, 2.24) is 9.88 Å². The first-order valence-corrected chi connectivity index (χ1v) is 11.4. The number of amides is 1. The van der Waals surface area contributed by atoms with Crippen molar-refractivity contribution in [2.75, 3.05) is 29.9 Å². The average Bonchev–Trinajstić information content (AvgIpc) is 3.41. The van der Waals surface area contributed by atoms with E-state index in [1.54, 1.807) is 18.3 Å². The minimum Gasteiger partial charge on any atom is -0.366 e. The normalized spacial score (nSPS) is 19.8. The van der Waals surface area contributed by atoms with Crippen LogP contribution in [0.25, 0.3) is 0 Å². The Balaban J connectivity index is 1.44. The molecule has 0 bridgehead atoms. The molecule has 4 rings (SSSR count). The van der Waals surface area contributed by atoms with Crippen LogP contribution >= 0.6 is 11.3 Å². The molecule has 0 radical (unpaired) electrons. The molecule has 1 amide bonds. The minimum atomic E-state index is -0.411. The number of rotatable bonds is 6. The van der Waals surface area contributed by atoms with Gasteiger partial charge in [0.25, 0.3) is 11.6 Å². The van der Waals surface area contributed by atoms with E-state index in [0.717, 1.165) is 43.9 Å². The number of nitrogens with one attached hydrogen (secondary N) is 1. The molecule has 30 heavy (non-hydrogen) atoms. The van der Waals surface area contributed by atoms with Crippen molar-refractivity contribution in [3.05, 3.63) is 45.0 Å². The monoisotopic (exact) mass is 429 g/mol. The number of thiazole rings is 1. The van der Waals surface area contributed by atoms with Gasteiger partial charge in [0.05, 0.1) is 4.92 Å². The van der Waals surface area contributed by atoms with E-state index in [2.05, 4.69) is 22.1 Å². The van der Waals surface area contributed by atoms with E-state index in [1.165, 1.54) is 36.7 Å². The summed E-state index contributed by atoms with van der Waals surface area (Å²) in [6, 6.07) is 5.27. The van der Waals surface area contributed by atoms with Gasteiger partial charge in [-0.3, -0.25) is 25.1 Å². The first-order chi connectivity index (χ1) is 14.5. The van der Waals surface area contributed by atoms with Crippen LogP contribution in [0.2, 0.25) is 0 Å². The lowest BCUT2D eigenvalue weighted by atomic mass is 10.0. The lowest BCUT2D eigenvalue weighted by Gasteiger charge is -2.32. The fraction of sp³-hybridized carbons (Fsp3) is 0.524. The predicted octanol–water partition coefficient (Wildman–Crippen LogP) is 4.28. The van der Waals surface area contributed by atoms with Crippen LogP contribution in [0.3, 0.4) is 0 Å². The van der Waals surface area contributed by atoms with Crippen LogP contribution in [0.1, 0.15) is 54.3 Å². The summed E-state index contributed by atoms with van der Waals surface area (Å²) in [7, 11) is 0. The maximum atomic E-state index is 12.7. The Bertz CT molecular complexity index is 925. The van der Waals surface area contributed by atoms with Crippen molar-refractivity contribution in [3.8, 4) is 0 Å². The van der Waals surface area contributed by atoms with Crippen molar-refractivity contribution in [3.63, 3.8) is 0 Å². The first kappa shape index (κ1) is 20.7. The highest BCUT2D eigenvalue weighted by Gasteiger charge is 2.24. The number of anilines is 2. The number of aromatic nitrogens is 1. The number of hydrogen-bond acceptors (Lipinski definition) is 7. The van der Waals surface area contributed by atoms with Crippen molar-refractivity contribution in [1.29, 1.82) is 0 Å². The van der Waals surface area contributed by atoms with Crippen LogP contribution in [0.4, 0.5) is 16.5 Å². The van der Waals surface area contributed by atoms with Crippen molar-refractivity contribution < 1.29 is 9.72 Å². The van der Waals surface area contributed by atoms with Gasteiger partial charge in [-0.2, -0.15) is 0 Å². The Morgan fingerprint density at radius 2 is 2.03 bits per heavy atom. The lowest BCUT2D eigenvalue weighted by Crippen LogP contribution is -2.36. The van der Waals surface area contributed by atoms with E-state index < -0.39 is 4.92 Å². The van der Waals surface area contributed by atoms with Gasteiger partial charge in [0.2, 0.25) is 0 Å². The quantitative estimate of drug-likeness (QED) is 0.544. The largest absolute Gasteiger partial charge is 0.366 e. The smallest absolute Gasteiger partial charge is 0.293 e. The number of nitro benzene ring substituents is 1. The highest BCUT2D eigenvalue weighted by atomic mass is 32.1. The zero-order valence-electron chi connectivity index (χ0n) is 17.2. The van der Waals surface area contributed by atoms with Crippen LogP contribution in [-0.4, -0.2) is 46.4 Å². The standard InChI is InChI=1S/C21H27N5O3S/c1-15-6-2-3-11-25(15)14-17-13-22-21(30-17)23-20(27)16-7-8-18(19(12-16)26(28)29)24-9-4-5-10-24/h7-8,12-13,15H,2-6,9-11,14H2,1H3,(H,22,23,27). The highest BCUT2D eigenvalue weighted by Crippen LogP contribution is 2.32. The van der Waals surface area contributed by atoms with Crippen LogP contribution in [0, 0.1) is 10.1 Å². The van der Waals surface area contributed by atoms with E-state index in [1.807, 2.05) is 4.90 Å². The third kappa shape index (κ3) is 4.62. The third-order valence-corrected chi connectivity index (χ3v) is 6.85. The zero-order chi connectivity index (χ0) is 21.1. The fourth-order valence-electron chi connectivity index (χ4n) is 4.24. The van der Waals surface area contributed by atoms with Crippen LogP contribution in [-0.2, 0) is 6.54 Å². The van der Waals surface area contributed by atoms with Gasteiger partial charge >= 0.3 is 0 Å². The van der Waals surface area contributed by atoms with Gasteiger partial charge in [-0.15, -0.1) is 11.3 Å². The number of hydrogen-bond donors (Lipinski definition) is 1. The zero-order valence-corrected chi connectivity index (χ0v) is 18.0. The second-order valence-corrected chi connectivity index (χ2v) is 9.17. The molecule has 1 atom stereocenters. The second-order valence-electron chi connectivity index (χ2n) is 8.06. The molecule has 0 saturated carbocycles. The molecule has 3 heterocycles. The number of carbonyl (C=O) groups is 1. The van der Waals surface area contributed by atoms with Crippen molar-refractivity contribution >= 4 is 33.8 Å². The molecule has 8 nitrogen and oxygen atoms in total. The molecule has 2 aromatic rings. The second kappa shape index (κ2) is 9.09. The molecule has 2 fully saturated rings. The van der Waals surface area contributed by atoms with Gasteiger partial charge in [0.15, 0.2) is 5.13 Å². The van der Waals surface area contributed by atoms with Crippen molar-refractivity contribution in [2.24, 2.45) is 0 Å². The van der Waals surface area contributed by atoms with Crippen LogP contribution < -0.4 is 10.2 Å². The molecular weight excluding hydrogens is 402 g/mol. The topological polar surface area (TPSA) is 91.6 Å². The molecule has 0 aliphatic carbocycles. The van der Waals surface area contributed by atoms with Gasteiger partial charge in [-0.05, 0) is 51.3 Å². The molecule has 1 N–H and O–H groups in total. The Morgan fingerprint density at radius 1 is 1.27 bits per heavy atom. The molecule has 2 aliphatic heterocycles. The first-order valence-electron chi connectivity index (χ1n) is 10.5. The van der Waals surface area contributed by atoms with E-state index >= 15 is 0 Å².